The van der Waals surface area contributed by atoms with Crippen LogP contribution in [0.2, 0.25) is 0 Å². The maximum atomic E-state index is 6.01. The summed E-state index contributed by atoms with van der Waals surface area (Å²) in [6.07, 6.45) is 2.17. The monoisotopic (exact) mass is 401 g/mol. The summed E-state index contributed by atoms with van der Waals surface area (Å²) in [5.74, 6) is 2.65. The second kappa shape index (κ2) is 8.95. The van der Waals surface area contributed by atoms with Crippen molar-refractivity contribution in [1.82, 2.24) is 0 Å². The van der Waals surface area contributed by atoms with Crippen molar-refractivity contribution in [3.8, 4) is 11.5 Å². The minimum Gasteiger partial charge on any atom is -0.497 e. The van der Waals surface area contributed by atoms with E-state index in [1.165, 1.54) is 16.7 Å². The maximum absolute atomic E-state index is 6.01. The summed E-state index contributed by atoms with van der Waals surface area (Å²) in [5.41, 5.74) is 4.73. The van der Waals surface area contributed by atoms with Crippen molar-refractivity contribution < 1.29 is 14.2 Å². The number of hydrogen-bond donors (Lipinski definition) is 0. The Hall–Kier alpha value is -3.40. The number of rotatable bonds is 6. The lowest BCUT2D eigenvalue weighted by Crippen LogP contribution is -2.31. The number of ether oxygens (including phenoxy) is 3. The van der Waals surface area contributed by atoms with Gasteiger partial charge in [-0.3, -0.25) is 0 Å². The topological polar surface area (TPSA) is 30.9 Å². The molecule has 4 nitrogen and oxygen atoms in total. The first-order chi connectivity index (χ1) is 14.7. The Balaban J connectivity index is 1.86. The maximum Gasteiger partial charge on any atom is 0.119 e. The van der Waals surface area contributed by atoms with E-state index >= 15 is 0 Å². The Kier molecular flexibility index (Phi) is 5.94. The van der Waals surface area contributed by atoms with E-state index in [-0.39, 0.29) is 6.04 Å². The van der Waals surface area contributed by atoms with Gasteiger partial charge < -0.3 is 19.1 Å². The molecule has 1 aliphatic heterocycles. The lowest BCUT2D eigenvalue weighted by atomic mass is 9.93. The fraction of sp³-hybridized carbons (Fsp3) is 0.231. The van der Waals surface area contributed by atoms with Crippen molar-refractivity contribution in [2.75, 3.05) is 32.3 Å². The van der Waals surface area contributed by atoms with Gasteiger partial charge in [0.1, 0.15) is 17.3 Å². The summed E-state index contributed by atoms with van der Waals surface area (Å²) >= 11 is 0. The van der Waals surface area contributed by atoms with Crippen molar-refractivity contribution in [2.24, 2.45) is 0 Å². The van der Waals surface area contributed by atoms with E-state index in [4.69, 9.17) is 14.2 Å². The quantitative estimate of drug-likeness (QED) is 0.531. The Bertz CT molecular complexity index is 1010. The van der Waals surface area contributed by atoms with Gasteiger partial charge in [0.05, 0.1) is 33.4 Å². The van der Waals surface area contributed by atoms with Crippen molar-refractivity contribution in [2.45, 2.75) is 13.0 Å². The SMILES string of the molecule is CCOC1=Cc2ccccc2C(c2ccc(OC)cc2)N(c2ccc(OC)cc2)C1. The molecule has 0 fully saturated rings. The number of fused-ring (bicyclic) bond motifs is 1. The van der Waals surface area contributed by atoms with Gasteiger partial charge in [-0.2, -0.15) is 0 Å². The van der Waals surface area contributed by atoms with Crippen molar-refractivity contribution in [1.29, 1.82) is 0 Å². The van der Waals surface area contributed by atoms with Gasteiger partial charge in [0.25, 0.3) is 0 Å². The van der Waals surface area contributed by atoms with E-state index in [0.717, 1.165) is 22.9 Å². The molecule has 1 aliphatic rings. The van der Waals surface area contributed by atoms with Gasteiger partial charge in [-0.15, -0.1) is 0 Å². The normalized spacial score (nSPS) is 15.6. The van der Waals surface area contributed by atoms with Crippen LogP contribution in [0.4, 0.5) is 5.69 Å². The fourth-order valence-electron chi connectivity index (χ4n) is 3.97. The highest BCUT2D eigenvalue weighted by Crippen LogP contribution is 2.39. The third-order valence-electron chi connectivity index (χ3n) is 5.41. The molecule has 1 atom stereocenters. The fourth-order valence-corrected chi connectivity index (χ4v) is 3.97. The molecule has 1 heterocycles. The van der Waals surface area contributed by atoms with Crippen molar-refractivity contribution in [3.05, 3.63) is 95.2 Å². The van der Waals surface area contributed by atoms with Crippen LogP contribution in [0.15, 0.2) is 78.6 Å². The minimum atomic E-state index is 0.0368. The number of benzene rings is 3. The van der Waals surface area contributed by atoms with E-state index < -0.39 is 0 Å². The molecule has 1 unspecified atom stereocenters. The first kappa shape index (κ1) is 19.9. The Morgan fingerprint density at radius 1 is 0.833 bits per heavy atom. The van der Waals surface area contributed by atoms with E-state index in [0.29, 0.717) is 13.2 Å². The van der Waals surface area contributed by atoms with Crippen LogP contribution in [-0.2, 0) is 4.74 Å². The number of hydrogen-bond acceptors (Lipinski definition) is 4. The molecule has 0 saturated heterocycles. The molecule has 0 N–H and O–H groups in total. The third kappa shape index (κ3) is 3.99. The molecule has 0 radical (unpaired) electrons. The highest BCUT2D eigenvalue weighted by molar-refractivity contribution is 5.65. The smallest absolute Gasteiger partial charge is 0.119 e. The predicted octanol–water partition coefficient (Wildman–Crippen LogP) is 5.69. The molecular formula is C26H27NO3. The summed E-state index contributed by atoms with van der Waals surface area (Å²) in [7, 11) is 3.38. The predicted molar refractivity (Wildman–Crippen MR) is 121 cm³/mol. The summed E-state index contributed by atoms with van der Waals surface area (Å²) < 4.78 is 16.8. The molecule has 3 aromatic carbocycles. The van der Waals surface area contributed by atoms with Crippen LogP contribution in [0.5, 0.6) is 11.5 Å². The first-order valence-electron chi connectivity index (χ1n) is 10.2. The summed E-state index contributed by atoms with van der Waals surface area (Å²) in [5, 5.41) is 0. The molecular weight excluding hydrogens is 374 g/mol. The molecule has 0 aromatic heterocycles. The van der Waals surface area contributed by atoms with Crippen LogP contribution in [0.1, 0.15) is 29.7 Å². The third-order valence-corrected chi connectivity index (χ3v) is 5.41. The molecule has 0 spiro atoms. The number of nitrogens with zero attached hydrogens (tertiary/aromatic N) is 1. The average molecular weight is 402 g/mol. The zero-order valence-corrected chi connectivity index (χ0v) is 17.7. The lowest BCUT2D eigenvalue weighted by molar-refractivity contribution is 0.228. The lowest BCUT2D eigenvalue weighted by Gasteiger charge is -2.34. The molecule has 4 heteroatoms. The molecule has 0 bridgehead atoms. The van der Waals surface area contributed by atoms with E-state index in [1.54, 1.807) is 14.2 Å². The second-order valence-electron chi connectivity index (χ2n) is 7.17. The Labute approximate surface area is 178 Å². The summed E-state index contributed by atoms with van der Waals surface area (Å²) in [6, 6.07) is 25.1. The molecule has 0 saturated carbocycles. The molecule has 154 valence electrons. The molecule has 0 amide bonds. The van der Waals surface area contributed by atoms with Crippen LogP contribution in [0, 0.1) is 0 Å². The van der Waals surface area contributed by atoms with Crippen LogP contribution in [0.3, 0.4) is 0 Å². The van der Waals surface area contributed by atoms with Crippen LogP contribution < -0.4 is 14.4 Å². The second-order valence-corrected chi connectivity index (χ2v) is 7.17. The summed E-state index contributed by atoms with van der Waals surface area (Å²) in [6.45, 7) is 3.33. The number of methoxy groups -OCH3 is 2. The van der Waals surface area contributed by atoms with Gasteiger partial charge in [-0.25, -0.2) is 0 Å². The van der Waals surface area contributed by atoms with Gasteiger partial charge in [-0.05, 0) is 66.1 Å². The van der Waals surface area contributed by atoms with Gasteiger partial charge in [0.15, 0.2) is 0 Å². The molecule has 30 heavy (non-hydrogen) atoms. The van der Waals surface area contributed by atoms with E-state index in [1.807, 2.05) is 31.2 Å². The van der Waals surface area contributed by atoms with Gasteiger partial charge in [0.2, 0.25) is 0 Å². The van der Waals surface area contributed by atoms with Crippen LogP contribution >= 0.6 is 0 Å². The van der Waals surface area contributed by atoms with Gasteiger partial charge >= 0.3 is 0 Å². The molecule has 4 rings (SSSR count). The molecule has 0 aliphatic carbocycles. The van der Waals surface area contributed by atoms with Gasteiger partial charge in [-0.1, -0.05) is 36.4 Å². The van der Waals surface area contributed by atoms with Crippen molar-refractivity contribution in [3.63, 3.8) is 0 Å². The average Bonchev–Trinajstić information content (AvgIpc) is 2.96. The van der Waals surface area contributed by atoms with Crippen LogP contribution in [-0.4, -0.2) is 27.4 Å². The largest absolute Gasteiger partial charge is 0.497 e. The Morgan fingerprint density at radius 3 is 2.10 bits per heavy atom. The standard InChI is InChI=1S/C26H27NO3/c1-4-30-24-17-20-7-5-6-8-25(20)26(19-9-13-22(28-2)14-10-19)27(18-24)21-11-15-23(29-3)16-12-21/h5-17,26H,4,18H2,1-3H3. The highest BCUT2D eigenvalue weighted by Gasteiger charge is 2.28. The molecule has 3 aromatic rings. The van der Waals surface area contributed by atoms with E-state index in [9.17, 15) is 0 Å². The summed E-state index contributed by atoms with van der Waals surface area (Å²) in [4.78, 5) is 2.38. The zero-order chi connectivity index (χ0) is 20.9. The Morgan fingerprint density at radius 2 is 1.47 bits per heavy atom. The minimum absolute atomic E-state index is 0.0368. The van der Waals surface area contributed by atoms with E-state index in [2.05, 4.69) is 59.5 Å². The van der Waals surface area contributed by atoms with Crippen LogP contribution in [0.25, 0.3) is 6.08 Å². The van der Waals surface area contributed by atoms with Crippen molar-refractivity contribution >= 4 is 11.8 Å². The first-order valence-corrected chi connectivity index (χ1v) is 10.2. The number of anilines is 1. The highest BCUT2D eigenvalue weighted by atomic mass is 16.5. The van der Waals surface area contributed by atoms with Gasteiger partial charge in [0, 0.05) is 5.69 Å². The zero-order valence-electron chi connectivity index (χ0n) is 17.7.